The van der Waals surface area contributed by atoms with Crippen molar-refractivity contribution in [2.75, 3.05) is 27.3 Å². The van der Waals surface area contributed by atoms with Gasteiger partial charge >= 0.3 is 0 Å². The molecule has 8 heteroatoms. The summed E-state index contributed by atoms with van der Waals surface area (Å²) in [7, 11) is 3.10. The number of nitrogens with zero attached hydrogens (tertiary/aromatic N) is 1. The predicted molar refractivity (Wildman–Crippen MR) is 100 cm³/mol. The Labute approximate surface area is 156 Å². The Balaban J connectivity index is 2.25. The topological polar surface area (TPSA) is 84.9 Å². The van der Waals surface area contributed by atoms with E-state index in [1.807, 2.05) is 13.8 Å². The molecule has 26 heavy (non-hydrogen) atoms. The first kappa shape index (κ1) is 19.8. The fourth-order valence-corrected chi connectivity index (χ4v) is 3.37. The average Bonchev–Trinajstić information content (AvgIpc) is 2.88. The van der Waals surface area contributed by atoms with Crippen LogP contribution in [0.4, 0.5) is 4.79 Å². The van der Waals surface area contributed by atoms with Crippen molar-refractivity contribution in [1.82, 2.24) is 10.2 Å². The highest BCUT2D eigenvalue weighted by atomic mass is 32.2. The zero-order valence-electron chi connectivity index (χ0n) is 15.3. The number of thioether (sulfide) groups is 1. The number of ether oxygens (including phenoxy) is 2. The minimum atomic E-state index is -0.484. The second kappa shape index (κ2) is 8.75. The van der Waals surface area contributed by atoms with Gasteiger partial charge < -0.3 is 14.8 Å². The number of benzene rings is 1. The summed E-state index contributed by atoms with van der Waals surface area (Å²) in [5.41, 5.74) is 1.45. The monoisotopic (exact) mass is 378 g/mol. The van der Waals surface area contributed by atoms with Crippen LogP contribution in [0, 0.1) is 6.92 Å². The Bertz CT molecular complexity index is 760. The molecule has 1 heterocycles. The third-order valence-electron chi connectivity index (χ3n) is 3.84. The molecule has 0 bridgehead atoms. The summed E-state index contributed by atoms with van der Waals surface area (Å²) < 4.78 is 10.7. The lowest BCUT2D eigenvalue weighted by molar-refractivity contribution is -0.129. The van der Waals surface area contributed by atoms with Gasteiger partial charge in [0.05, 0.1) is 19.1 Å². The van der Waals surface area contributed by atoms with Crippen LogP contribution >= 0.6 is 11.8 Å². The van der Waals surface area contributed by atoms with Gasteiger partial charge in [0.2, 0.25) is 5.91 Å². The number of hydrogen-bond acceptors (Lipinski definition) is 6. The molecule has 3 amide bonds. The second-order valence-electron chi connectivity index (χ2n) is 5.63. The van der Waals surface area contributed by atoms with Crippen molar-refractivity contribution in [3.8, 4) is 11.5 Å². The predicted octanol–water partition coefficient (Wildman–Crippen LogP) is 2.57. The molecule has 0 aromatic heterocycles. The maximum atomic E-state index is 12.5. The van der Waals surface area contributed by atoms with Crippen molar-refractivity contribution < 1.29 is 23.9 Å². The molecule has 0 atom stereocenters. The highest BCUT2D eigenvalue weighted by Gasteiger charge is 2.36. The van der Waals surface area contributed by atoms with Gasteiger partial charge in [0.25, 0.3) is 11.1 Å². The summed E-state index contributed by atoms with van der Waals surface area (Å²) in [5, 5.41) is 2.19. The summed E-state index contributed by atoms with van der Waals surface area (Å²) in [5.74, 6) is 0.395. The lowest BCUT2D eigenvalue weighted by atomic mass is 10.1. The summed E-state index contributed by atoms with van der Waals surface area (Å²) in [4.78, 5) is 37.6. The Morgan fingerprint density at radius 1 is 1.27 bits per heavy atom. The van der Waals surface area contributed by atoms with Crippen LogP contribution in [0.15, 0.2) is 17.0 Å². The van der Waals surface area contributed by atoms with Gasteiger partial charge in [-0.15, -0.1) is 0 Å². The smallest absolute Gasteiger partial charge is 0.294 e. The normalized spacial score (nSPS) is 15.5. The van der Waals surface area contributed by atoms with E-state index in [-0.39, 0.29) is 17.4 Å². The summed E-state index contributed by atoms with van der Waals surface area (Å²) in [6, 6.07) is 3.53. The van der Waals surface area contributed by atoms with Crippen LogP contribution in [0.3, 0.4) is 0 Å². The highest BCUT2D eigenvalue weighted by Crippen LogP contribution is 2.37. The van der Waals surface area contributed by atoms with Crippen LogP contribution in [0.25, 0.3) is 6.08 Å². The van der Waals surface area contributed by atoms with Crippen LogP contribution < -0.4 is 14.8 Å². The number of imide groups is 1. The van der Waals surface area contributed by atoms with E-state index in [0.717, 1.165) is 28.6 Å². The van der Waals surface area contributed by atoms with Gasteiger partial charge in [-0.1, -0.05) is 6.92 Å². The number of hydrogen-bond donors (Lipinski definition) is 1. The Morgan fingerprint density at radius 3 is 2.62 bits per heavy atom. The number of carbonyl (C=O) groups excluding carboxylic acids is 3. The number of carbonyl (C=O) groups is 3. The van der Waals surface area contributed by atoms with Crippen molar-refractivity contribution in [2.24, 2.45) is 0 Å². The average molecular weight is 378 g/mol. The van der Waals surface area contributed by atoms with E-state index in [1.54, 1.807) is 25.3 Å². The lowest BCUT2D eigenvalue weighted by Crippen LogP contribution is -2.39. The third kappa shape index (κ3) is 4.19. The first-order chi connectivity index (χ1) is 12.4. The molecule has 1 aromatic carbocycles. The van der Waals surface area contributed by atoms with Gasteiger partial charge in [0.15, 0.2) is 0 Å². The molecule has 1 saturated heterocycles. The molecule has 1 aromatic rings. The molecule has 140 valence electrons. The molecular formula is C18H22N2O5S. The molecule has 0 unspecified atom stereocenters. The zero-order valence-corrected chi connectivity index (χ0v) is 16.1. The van der Waals surface area contributed by atoms with E-state index >= 15 is 0 Å². The van der Waals surface area contributed by atoms with Crippen LogP contribution in [-0.4, -0.2) is 49.3 Å². The largest absolute Gasteiger partial charge is 0.496 e. The fourth-order valence-electron chi connectivity index (χ4n) is 2.54. The summed E-state index contributed by atoms with van der Waals surface area (Å²) >= 11 is 0.809. The number of rotatable bonds is 7. The maximum Gasteiger partial charge on any atom is 0.294 e. The molecule has 1 N–H and O–H groups in total. The molecule has 1 fully saturated rings. The second-order valence-corrected chi connectivity index (χ2v) is 6.63. The van der Waals surface area contributed by atoms with Crippen LogP contribution in [0.5, 0.6) is 11.5 Å². The van der Waals surface area contributed by atoms with E-state index in [1.165, 1.54) is 7.11 Å². The molecule has 0 spiro atoms. The summed E-state index contributed by atoms with van der Waals surface area (Å²) in [6.07, 6.45) is 2.38. The standard InChI is InChI=1S/C18H22N2O5S/c1-5-8-19-15(21)10-20-17(22)14(26-18(20)23)9-12-6-7-13(24-3)11(2)16(12)25-4/h6-7,9H,5,8,10H2,1-4H3,(H,19,21)/b14-9-. The molecule has 0 saturated carbocycles. The van der Waals surface area contributed by atoms with Crippen molar-refractivity contribution in [1.29, 1.82) is 0 Å². The number of methoxy groups -OCH3 is 2. The lowest BCUT2D eigenvalue weighted by Gasteiger charge is -2.13. The van der Waals surface area contributed by atoms with Gasteiger partial charge in [-0.25, -0.2) is 0 Å². The van der Waals surface area contributed by atoms with E-state index in [0.29, 0.717) is 23.6 Å². The molecular weight excluding hydrogens is 356 g/mol. The zero-order chi connectivity index (χ0) is 19.3. The highest BCUT2D eigenvalue weighted by molar-refractivity contribution is 8.18. The van der Waals surface area contributed by atoms with Gasteiger partial charge in [0, 0.05) is 17.7 Å². The first-order valence-corrected chi connectivity index (χ1v) is 8.98. The fraction of sp³-hybridized carbons (Fsp3) is 0.389. The molecule has 0 aliphatic carbocycles. The Hall–Kier alpha value is -2.48. The minimum absolute atomic E-state index is 0.251. The van der Waals surface area contributed by atoms with Gasteiger partial charge in [-0.2, -0.15) is 0 Å². The molecule has 2 rings (SSSR count). The van der Waals surface area contributed by atoms with Crippen molar-refractivity contribution >= 4 is 34.9 Å². The van der Waals surface area contributed by atoms with Gasteiger partial charge in [-0.05, 0) is 43.3 Å². The summed E-state index contributed by atoms with van der Waals surface area (Å²) in [6.45, 7) is 4.00. The van der Waals surface area contributed by atoms with Crippen molar-refractivity contribution in [3.05, 3.63) is 28.2 Å². The van der Waals surface area contributed by atoms with Crippen LogP contribution in [-0.2, 0) is 9.59 Å². The quantitative estimate of drug-likeness (QED) is 0.734. The van der Waals surface area contributed by atoms with Crippen LogP contribution in [0.2, 0.25) is 0 Å². The van der Waals surface area contributed by atoms with E-state index in [9.17, 15) is 14.4 Å². The van der Waals surface area contributed by atoms with Crippen molar-refractivity contribution in [3.63, 3.8) is 0 Å². The first-order valence-electron chi connectivity index (χ1n) is 8.16. The third-order valence-corrected chi connectivity index (χ3v) is 4.75. The molecule has 1 aliphatic heterocycles. The number of amides is 3. The maximum absolute atomic E-state index is 12.5. The van der Waals surface area contributed by atoms with E-state index in [4.69, 9.17) is 9.47 Å². The van der Waals surface area contributed by atoms with Crippen molar-refractivity contribution in [2.45, 2.75) is 20.3 Å². The molecule has 1 aliphatic rings. The SMILES string of the molecule is CCCNC(=O)CN1C(=O)S/C(=C\c2ccc(OC)c(C)c2OC)C1=O. The van der Waals surface area contributed by atoms with Crippen LogP contribution in [0.1, 0.15) is 24.5 Å². The van der Waals surface area contributed by atoms with Gasteiger partial charge in [0.1, 0.15) is 18.0 Å². The number of nitrogens with one attached hydrogen (secondary N) is 1. The molecule has 7 nitrogen and oxygen atoms in total. The van der Waals surface area contributed by atoms with E-state index in [2.05, 4.69) is 5.32 Å². The minimum Gasteiger partial charge on any atom is -0.496 e. The van der Waals surface area contributed by atoms with E-state index < -0.39 is 11.1 Å². The Morgan fingerprint density at radius 2 is 2.00 bits per heavy atom. The van der Waals surface area contributed by atoms with Gasteiger partial charge in [-0.3, -0.25) is 19.3 Å². The Kier molecular flexibility index (Phi) is 6.68. The molecule has 0 radical (unpaired) electrons.